The van der Waals surface area contributed by atoms with Crippen molar-refractivity contribution in [2.45, 2.75) is 13.8 Å². The van der Waals surface area contributed by atoms with Gasteiger partial charge < -0.3 is 24.4 Å². The molecule has 0 saturated carbocycles. The highest BCUT2D eigenvalue weighted by atomic mass is 16.5. The number of methoxy groups -OCH3 is 2. The van der Waals surface area contributed by atoms with E-state index in [0.717, 1.165) is 5.56 Å². The molecule has 7 heteroatoms. The van der Waals surface area contributed by atoms with Gasteiger partial charge in [-0.25, -0.2) is 0 Å². The summed E-state index contributed by atoms with van der Waals surface area (Å²) < 4.78 is 15.9. The second-order valence-corrected chi connectivity index (χ2v) is 6.16. The number of rotatable bonds is 9. The Balaban J connectivity index is 1.88. The minimum atomic E-state index is -0.253. The van der Waals surface area contributed by atoms with Gasteiger partial charge in [0, 0.05) is 31.8 Å². The number of nitrogens with one attached hydrogen (secondary N) is 1. The SMILES string of the molecule is COc1ccc(N(CCNC(=O)COc2ccc(C)cc2)C(C)=O)cc1OC. The van der Waals surface area contributed by atoms with Gasteiger partial charge in [-0.3, -0.25) is 9.59 Å². The van der Waals surface area contributed by atoms with Crippen molar-refractivity contribution in [2.75, 3.05) is 38.8 Å². The molecule has 0 saturated heterocycles. The van der Waals surface area contributed by atoms with E-state index in [1.54, 1.807) is 30.2 Å². The molecule has 0 aliphatic heterocycles. The van der Waals surface area contributed by atoms with Gasteiger partial charge in [0.05, 0.1) is 14.2 Å². The van der Waals surface area contributed by atoms with Crippen LogP contribution in [-0.4, -0.2) is 45.7 Å². The van der Waals surface area contributed by atoms with Crippen LogP contribution in [0.4, 0.5) is 5.69 Å². The summed E-state index contributed by atoms with van der Waals surface area (Å²) >= 11 is 0. The molecule has 2 rings (SSSR count). The second-order valence-electron chi connectivity index (χ2n) is 6.16. The van der Waals surface area contributed by atoms with Crippen molar-refractivity contribution in [1.29, 1.82) is 0 Å². The molecule has 0 bridgehead atoms. The molecular formula is C21H26N2O5. The van der Waals surface area contributed by atoms with Crippen molar-refractivity contribution < 1.29 is 23.8 Å². The van der Waals surface area contributed by atoms with E-state index in [9.17, 15) is 9.59 Å². The lowest BCUT2D eigenvalue weighted by Gasteiger charge is -2.22. The quantitative estimate of drug-likeness (QED) is 0.717. The smallest absolute Gasteiger partial charge is 0.258 e. The summed E-state index contributed by atoms with van der Waals surface area (Å²) in [6.07, 6.45) is 0. The number of aryl methyl sites for hydroxylation is 1. The third kappa shape index (κ3) is 5.90. The number of amides is 2. The zero-order valence-corrected chi connectivity index (χ0v) is 16.7. The Morgan fingerprint density at radius 3 is 2.29 bits per heavy atom. The first-order valence-corrected chi connectivity index (χ1v) is 8.91. The van der Waals surface area contributed by atoms with Gasteiger partial charge in [0.15, 0.2) is 18.1 Å². The zero-order valence-electron chi connectivity index (χ0n) is 16.7. The lowest BCUT2D eigenvalue weighted by molar-refractivity contribution is -0.123. The molecule has 2 aromatic carbocycles. The van der Waals surface area contributed by atoms with E-state index >= 15 is 0 Å². The second kappa shape index (κ2) is 10.2. The molecule has 2 aromatic rings. The van der Waals surface area contributed by atoms with Crippen LogP contribution in [0.25, 0.3) is 0 Å². The van der Waals surface area contributed by atoms with E-state index in [-0.39, 0.29) is 18.4 Å². The molecule has 0 radical (unpaired) electrons. The Bertz CT molecular complexity index is 805. The summed E-state index contributed by atoms with van der Waals surface area (Å²) in [5, 5.41) is 2.76. The van der Waals surface area contributed by atoms with Gasteiger partial charge in [-0.15, -0.1) is 0 Å². The Hall–Kier alpha value is -3.22. The van der Waals surface area contributed by atoms with Gasteiger partial charge in [-0.05, 0) is 31.2 Å². The topological polar surface area (TPSA) is 77.1 Å². The fourth-order valence-electron chi connectivity index (χ4n) is 2.60. The molecule has 0 aliphatic rings. The van der Waals surface area contributed by atoms with E-state index in [0.29, 0.717) is 36.0 Å². The summed E-state index contributed by atoms with van der Waals surface area (Å²) in [6.45, 7) is 3.99. The van der Waals surface area contributed by atoms with Crippen LogP contribution in [0.15, 0.2) is 42.5 Å². The van der Waals surface area contributed by atoms with Gasteiger partial charge in [0.25, 0.3) is 5.91 Å². The Morgan fingerprint density at radius 1 is 1.00 bits per heavy atom. The highest BCUT2D eigenvalue weighted by Gasteiger charge is 2.15. The first-order chi connectivity index (χ1) is 13.4. The summed E-state index contributed by atoms with van der Waals surface area (Å²) in [4.78, 5) is 25.6. The molecule has 7 nitrogen and oxygen atoms in total. The number of hydrogen-bond donors (Lipinski definition) is 1. The van der Waals surface area contributed by atoms with E-state index in [2.05, 4.69) is 5.32 Å². The number of carbonyl (C=O) groups is 2. The zero-order chi connectivity index (χ0) is 20.5. The monoisotopic (exact) mass is 386 g/mol. The normalized spacial score (nSPS) is 10.1. The Kier molecular flexibility index (Phi) is 7.68. The average molecular weight is 386 g/mol. The molecule has 2 amide bonds. The van der Waals surface area contributed by atoms with Gasteiger partial charge in [-0.2, -0.15) is 0 Å². The fourth-order valence-corrected chi connectivity index (χ4v) is 2.60. The van der Waals surface area contributed by atoms with Crippen LogP contribution in [0.2, 0.25) is 0 Å². The lowest BCUT2D eigenvalue weighted by atomic mass is 10.2. The molecule has 150 valence electrons. The lowest BCUT2D eigenvalue weighted by Crippen LogP contribution is -2.39. The minimum Gasteiger partial charge on any atom is -0.493 e. The number of ether oxygens (including phenoxy) is 3. The van der Waals surface area contributed by atoms with Crippen LogP contribution in [0.5, 0.6) is 17.2 Å². The van der Waals surface area contributed by atoms with Crippen LogP contribution in [0.1, 0.15) is 12.5 Å². The number of carbonyl (C=O) groups excluding carboxylic acids is 2. The average Bonchev–Trinajstić information content (AvgIpc) is 2.70. The van der Waals surface area contributed by atoms with Crippen molar-refractivity contribution in [2.24, 2.45) is 0 Å². The molecular weight excluding hydrogens is 360 g/mol. The van der Waals surface area contributed by atoms with E-state index in [1.165, 1.54) is 14.0 Å². The Morgan fingerprint density at radius 2 is 1.68 bits per heavy atom. The van der Waals surface area contributed by atoms with Crippen molar-refractivity contribution in [3.05, 3.63) is 48.0 Å². The molecule has 28 heavy (non-hydrogen) atoms. The van der Waals surface area contributed by atoms with Gasteiger partial charge in [0.2, 0.25) is 5.91 Å². The molecule has 0 unspecified atom stereocenters. The van der Waals surface area contributed by atoms with Crippen LogP contribution >= 0.6 is 0 Å². The van der Waals surface area contributed by atoms with Gasteiger partial charge in [-0.1, -0.05) is 17.7 Å². The fraction of sp³-hybridized carbons (Fsp3) is 0.333. The van der Waals surface area contributed by atoms with E-state index in [1.807, 2.05) is 31.2 Å². The maximum absolute atomic E-state index is 12.0. The van der Waals surface area contributed by atoms with E-state index < -0.39 is 0 Å². The Labute approximate surface area is 165 Å². The maximum atomic E-state index is 12.0. The van der Waals surface area contributed by atoms with E-state index in [4.69, 9.17) is 14.2 Å². The van der Waals surface area contributed by atoms with Crippen LogP contribution < -0.4 is 24.4 Å². The van der Waals surface area contributed by atoms with Crippen molar-refractivity contribution in [3.63, 3.8) is 0 Å². The summed E-state index contributed by atoms with van der Waals surface area (Å²) in [7, 11) is 3.09. The molecule has 0 fully saturated rings. The minimum absolute atomic E-state index is 0.0838. The molecule has 1 N–H and O–H groups in total. The van der Waals surface area contributed by atoms with Crippen LogP contribution in [0, 0.1) is 6.92 Å². The third-order valence-electron chi connectivity index (χ3n) is 4.11. The van der Waals surface area contributed by atoms with Crippen LogP contribution in [0.3, 0.4) is 0 Å². The van der Waals surface area contributed by atoms with Crippen molar-refractivity contribution in [3.8, 4) is 17.2 Å². The predicted molar refractivity (Wildman–Crippen MR) is 107 cm³/mol. The highest BCUT2D eigenvalue weighted by molar-refractivity contribution is 5.92. The number of benzene rings is 2. The summed E-state index contributed by atoms with van der Waals surface area (Å²) in [6, 6.07) is 12.7. The summed E-state index contributed by atoms with van der Waals surface area (Å²) in [5.41, 5.74) is 1.78. The molecule has 0 aromatic heterocycles. The standard InChI is InChI=1S/C21H26N2O5/c1-15-5-8-18(9-6-15)28-14-21(25)22-11-12-23(16(2)24)17-7-10-19(26-3)20(13-17)27-4/h5-10,13H,11-12,14H2,1-4H3,(H,22,25). The number of hydrogen-bond acceptors (Lipinski definition) is 5. The van der Waals surface area contributed by atoms with Crippen molar-refractivity contribution >= 4 is 17.5 Å². The molecule has 0 atom stereocenters. The summed E-state index contributed by atoms with van der Waals surface area (Å²) in [5.74, 6) is 1.35. The predicted octanol–water partition coefficient (Wildman–Crippen LogP) is 2.56. The van der Waals surface area contributed by atoms with Gasteiger partial charge in [0.1, 0.15) is 5.75 Å². The van der Waals surface area contributed by atoms with Gasteiger partial charge >= 0.3 is 0 Å². The molecule has 0 heterocycles. The number of nitrogens with zero attached hydrogens (tertiary/aromatic N) is 1. The third-order valence-corrected chi connectivity index (χ3v) is 4.11. The first-order valence-electron chi connectivity index (χ1n) is 8.91. The number of anilines is 1. The highest BCUT2D eigenvalue weighted by Crippen LogP contribution is 2.31. The molecule has 0 spiro atoms. The largest absolute Gasteiger partial charge is 0.493 e. The van der Waals surface area contributed by atoms with Crippen LogP contribution in [-0.2, 0) is 9.59 Å². The van der Waals surface area contributed by atoms with Crippen molar-refractivity contribution in [1.82, 2.24) is 5.32 Å². The molecule has 0 aliphatic carbocycles. The maximum Gasteiger partial charge on any atom is 0.258 e. The first kappa shape index (κ1) is 21.1.